The van der Waals surface area contributed by atoms with E-state index in [1.54, 1.807) is 0 Å². The lowest BCUT2D eigenvalue weighted by molar-refractivity contribution is -0.128. The molecular weight excluding hydrogens is 905 g/mol. The van der Waals surface area contributed by atoms with Gasteiger partial charge in [0.05, 0.1) is 0 Å². The summed E-state index contributed by atoms with van der Waals surface area (Å²) in [7, 11) is 0. The minimum Gasteiger partial charge on any atom is -0.423 e. The first kappa shape index (κ1) is 41.0. The van der Waals surface area contributed by atoms with E-state index in [-0.39, 0.29) is 5.41 Å². The molecule has 0 aliphatic carbocycles. The fourth-order valence-electron chi connectivity index (χ4n) is 8.24. The van der Waals surface area contributed by atoms with Crippen LogP contribution in [0.3, 0.4) is 0 Å². The number of carbonyl (C=O) groups excluding carboxylic acids is 1. The molecule has 0 bridgehead atoms. The second kappa shape index (κ2) is 17.7. The Morgan fingerprint density at radius 1 is 0.476 bits per heavy atom. The monoisotopic (exact) mass is 942 g/mol. The summed E-state index contributed by atoms with van der Waals surface area (Å²) in [5.41, 5.74) is -0.134. The normalized spacial score (nSPS) is 12.1. The summed E-state index contributed by atoms with van der Waals surface area (Å²) >= 11 is 13.7. The molecule has 0 saturated heterocycles. The standard InChI is InChI=1S/C54H38O2S7/c1-2-50(55)56-43-20-9-13-34-27-28-35(29-42(34)43)57-30-54(31-58-47-24-10-17-39-36-14-3-6-21-44(36)61-51(39)47,32-59-48-25-11-18-40-37-15-4-7-22-45(37)62-52(40)48)33-60-49-26-12-19-41-38-16-5-8-23-46(38)63-53(41)49/h2-29H,1,30-33H2. The van der Waals surface area contributed by atoms with Crippen molar-refractivity contribution < 1.29 is 9.53 Å². The van der Waals surface area contributed by atoms with E-state index >= 15 is 0 Å². The highest BCUT2D eigenvalue weighted by atomic mass is 32.2. The third-order valence-electron chi connectivity index (χ3n) is 11.4. The van der Waals surface area contributed by atoms with Crippen molar-refractivity contribution in [3.05, 3.63) is 176 Å². The van der Waals surface area contributed by atoms with E-state index in [1.807, 2.05) is 93.2 Å². The van der Waals surface area contributed by atoms with Crippen molar-refractivity contribution in [2.75, 3.05) is 23.0 Å². The average Bonchev–Trinajstić information content (AvgIpc) is 4.03. The second-order valence-corrected chi connectivity index (χ2v) is 22.9. The molecule has 11 rings (SSSR count). The lowest BCUT2D eigenvalue weighted by atomic mass is 9.99. The van der Waals surface area contributed by atoms with Gasteiger partial charge in [-0.2, -0.15) is 0 Å². The summed E-state index contributed by atoms with van der Waals surface area (Å²) in [6.45, 7) is 3.63. The molecule has 0 spiro atoms. The maximum Gasteiger partial charge on any atom is 0.335 e. The van der Waals surface area contributed by atoms with E-state index in [2.05, 4.69) is 158 Å². The maximum atomic E-state index is 12.4. The molecule has 3 heterocycles. The minimum absolute atomic E-state index is 0.134. The van der Waals surface area contributed by atoms with Crippen LogP contribution in [0, 0.1) is 5.41 Å². The number of carbonyl (C=O) groups is 1. The molecule has 0 fully saturated rings. The molecule has 0 saturated carbocycles. The summed E-state index contributed by atoms with van der Waals surface area (Å²) in [4.78, 5) is 17.6. The van der Waals surface area contributed by atoms with Crippen LogP contribution >= 0.6 is 81.1 Å². The van der Waals surface area contributed by atoms with Gasteiger partial charge in [0.1, 0.15) is 5.75 Å². The number of hydrogen-bond acceptors (Lipinski definition) is 9. The van der Waals surface area contributed by atoms with E-state index in [0.717, 1.165) is 38.7 Å². The van der Waals surface area contributed by atoms with Gasteiger partial charge in [-0.05, 0) is 60.0 Å². The molecule has 2 nitrogen and oxygen atoms in total. The molecule has 0 aliphatic rings. The third-order valence-corrected chi connectivity index (χ3v) is 21.1. The first-order valence-electron chi connectivity index (χ1n) is 20.6. The Balaban J connectivity index is 1.01. The zero-order valence-corrected chi connectivity index (χ0v) is 39.6. The summed E-state index contributed by atoms with van der Waals surface area (Å²) in [6.07, 6.45) is 1.22. The number of esters is 1. The van der Waals surface area contributed by atoms with Gasteiger partial charge in [-0.15, -0.1) is 81.1 Å². The summed E-state index contributed by atoms with van der Waals surface area (Å²) < 4.78 is 13.8. The number of thioether (sulfide) groups is 4. The van der Waals surface area contributed by atoms with Crippen molar-refractivity contribution in [3.8, 4) is 5.75 Å². The Bertz CT molecular complexity index is 3240. The van der Waals surface area contributed by atoms with Crippen LogP contribution in [0.2, 0.25) is 0 Å². The van der Waals surface area contributed by atoms with Crippen molar-refractivity contribution in [1.82, 2.24) is 0 Å². The predicted octanol–water partition coefficient (Wildman–Crippen LogP) is 17.5. The molecule has 3 aromatic heterocycles. The molecule has 0 atom stereocenters. The Labute approximate surface area is 394 Å². The molecule has 0 unspecified atom stereocenters. The maximum absolute atomic E-state index is 12.4. The minimum atomic E-state index is -0.457. The molecule has 11 aromatic rings. The van der Waals surface area contributed by atoms with Crippen LogP contribution in [0.4, 0.5) is 0 Å². The van der Waals surface area contributed by atoms with Crippen molar-refractivity contribution in [1.29, 1.82) is 0 Å². The summed E-state index contributed by atoms with van der Waals surface area (Å²) in [5.74, 6) is 3.81. The predicted molar refractivity (Wildman–Crippen MR) is 283 cm³/mol. The summed E-state index contributed by atoms with van der Waals surface area (Å²) in [5, 5.41) is 9.95. The van der Waals surface area contributed by atoms with Crippen molar-refractivity contribution in [2.45, 2.75) is 19.6 Å². The zero-order valence-electron chi connectivity index (χ0n) is 33.9. The number of fused-ring (bicyclic) bond motifs is 10. The van der Waals surface area contributed by atoms with Gasteiger partial charge in [-0.1, -0.05) is 116 Å². The van der Waals surface area contributed by atoms with Crippen LogP contribution in [0.5, 0.6) is 5.75 Å². The van der Waals surface area contributed by atoms with Gasteiger partial charge < -0.3 is 4.74 Å². The van der Waals surface area contributed by atoms with Gasteiger partial charge in [0.15, 0.2) is 0 Å². The fraction of sp³-hybridized carbons (Fsp3) is 0.0926. The molecule has 0 aliphatic heterocycles. The van der Waals surface area contributed by atoms with Crippen LogP contribution in [-0.2, 0) is 4.79 Å². The Morgan fingerprint density at radius 2 is 0.905 bits per heavy atom. The number of rotatable bonds is 14. The Kier molecular flexibility index (Phi) is 11.5. The lowest BCUT2D eigenvalue weighted by Crippen LogP contribution is -2.33. The number of ether oxygens (including phenoxy) is 1. The SMILES string of the molecule is C=CC(=O)Oc1cccc2ccc(SCC(CSc3cccc4c3sc3ccccc34)(CSc3cccc4c3sc3ccccc34)CSc3cccc4c3sc3ccccc34)cc12. The number of benzene rings is 8. The van der Waals surface area contributed by atoms with E-state index < -0.39 is 5.97 Å². The Morgan fingerprint density at radius 3 is 1.38 bits per heavy atom. The highest BCUT2D eigenvalue weighted by molar-refractivity contribution is 8.02. The summed E-state index contributed by atoms with van der Waals surface area (Å²) in [6, 6.07) is 59.4. The Hall–Kier alpha value is -4.71. The smallest absolute Gasteiger partial charge is 0.335 e. The molecule has 63 heavy (non-hydrogen) atoms. The fourth-order valence-corrected chi connectivity index (χ4v) is 17.9. The van der Waals surface area contributed by atoms with Gasteiger partial charge in [0.2, 0.25) is 0 Å². The molecule has 0 N–H and O–H groups in total. The highest BCUT2D eigenvalue weighted by Gasteiger charge is 2.33. The van der Waals surface area contributed by atoms with E-state index in [0.29, 0.717) is 5.75 Å². The van der Waals surface area contributed by atoms with Crippen molar-refractivity contribution >= 4 is 158 Å². The van der Waals surface area contributed by atoms with Crippen molar-refractivity contribution in [2.24, 2.45) is 5.41 Å². The average molecular weight is 943 g/mol. The van der Waals surface area contributed by atoms with Gasteiger partial charge in [-0.25, -0.2) is 4.79 Å². The lowest BCUT2D eigenvalue weighted by Gasteiger charge is -2.33. The first-order chi connectivity index (χ1) is 31.0. The molecule has 0 amide bonds. The van der Waals surface area contributed by atoms with Crippen LogP contribution < -0.4 is 4.74 Å². The second-order valence-electron chi connectivity index (χ2n) is 15.6. The van der Waals surface area contributed by atoms with Gasteiger partial charge >= 0.3 is 5.97 Å². The number of hydrogen-bond donors (Lipinski definition) is 0. The van der Waals surface area contributed by atoms with Crippen LogP contribution in [-0.4, -0.2) is 29.0 Å². The molecule has 0 radical (unpaired) electrons. The molecule has 308 valence electrons. The topological polar surface area (TPSA) is 26.3 Å². The van der Waals surface area contributed by atoms with Crippen LogP contribution in [0.1, 0.15) is 0 Å². The molecular formula is C54H38O2S7. The van der Waals surface area contributed by atoms with Gasteiger partial charge in [-0.3, -0.25) is 0 Å². The van der Waals surface area contributed by atoms with Gasteiger partial charge in [0.25, 0.3) is 0 Å². The molecule has 9 heteroatoms. The zero-order chi connectivity index (χ0) is 42.3. The number of thiophene rings is 3. The van der Waals surface area contributed by atoms with Gasteiger partial charge in [0, 0.05) is 120 Å². The van der Waals surface area contributed by atoms with E-state index in [1.165, 1.54) is 81.3 Å². The van der Waals surface area contributed by atoms with E-state index in [9.17, 15) is 4.79 Å². The van der Waals surface area contributed by atoms with Crippen molar-refractivity contribution in [3.63, 3.8) is 0 Å². The largest absolute Gasteiger partial charge is 0.423 e. The quantitative estimate of drug-likeness (QED) is 0.0466. The van der Waals surface area contributed by atoms with E-state index in [4.69, 9.17) is 4.74 Å². The van der Waals surface area contributed by atoms with Crippen LogP contribution in [0.15, 0.2) is 196 Å². The molecule has 8 aromatic carbocycles. The highest BCUT2D eigenvalue weighted by Crippen LogP contribution is 2.49. The third kappa shape index (κ3) is 8.07. The first-order valence-corrected chi connectivity index (χ1v) is 27.0. The van der Waals surface area contributed by atoms with Crippen LogP contribution in [0.25, 0.3) is 71.3 Å².